The van der Waals surface area contributed by atoms with Gasteiger partial charge in [0, 0.05) is 24.7 Å². The van der Waals surface area contributed by atoms with Crippen LogP contribution in [0.5, 0.6) is 0 Å². The summed E-state index contributed by atoms with van der Waals surface area (Å²) in [6.07, 6.45) is 6.35. The molecule has 0 N–H and O–H groups in total. The predicted molar refractivity (Wildman–Crippen MR) is 101 cm³/mol. The summed E-state index contributed by atoms with van der Waals surface area (Å²) in [5.74, 6) is 0. The van der Waals surface area contributed by atoms with Gasteiger partial charge in [0.05, 0.1) is 0 Å². The molecule has 0 aromatic rings. The summed E-state index contributed by atoms with van der Waals surface area (Å²) in [5, 5.41) is 0.319. The minimum absolute atomic E-state index is 0.319. The zero-order valence-electron chi connectivity index (χ0n) is 13.4. The molecule has 1 fully saturated rings. The van der Waals surface area contributed by atoms with Crippen molar-refractivity contribution >= 4 is 42.2 Å². The summed E-state index contributed by atoms with van der Waals surface area (Å²) in [5.41, 5.74) is 0. The second kappa shape index (κ2) is 7.38. The maximum Gasteiger partial charge on any atom is 0.192 e. The van der Waals surface area contributed by atoms with Crippen molar-refractivity contribution in [3.05, 3.63) is 0 Å². The maximum atomic E-state index is 6.31. The zero-order valence-corrected chi connectivity index (χ0v) is 17.4. The molecule has 1 rings (SSSR count). The van der Waals surface area contributed by atoms with E-state index in [0.29, 0.717) is 12.7 Å². The van der Waals surface area contributed by atoms with Crippen molar-refractivity contribution in [1.82, 2.24) is 4.90 Å². The van der Waals surface area contributed by atoms with E-state index in [1.807, 2.05) is 0 Å². The van der Waals surface area contributed by atoms with Crippen molar-refractivity contribution in [2.75, 3.05) is 26.0 Å². The Morgan fingerprint density at radius 1 is 1.32 bits per heavy atom. The lowest BCUT2D eigenvalue weighted by Crippen LogP contribution is -2.44. The van der Waals surface area contributed by atoms with E-state index in [4.69, 9.17) is 4.43 Å². The lowest BCUT2D eigenvalue weighted by Gasteiger charge is -2.37. The normalized spacial score (nSPS) is 22.6. The summed E-state index contributed by atoms with van der Waals surface area (Å²) in [4.78, 5) is 4.25. The van der Waals surface area contributed by atoms with Gasteiger partial charge in [-0.2, -0.15) is 0 Å². The molecule has 0 spiro atoms. The molecule has 114 valence electrons. The summed E-state index contributed by atoms with van der Waals surface area (Å²) in [6.45, 7) is 14.8. The van der Waals surface area contributed by atoms with E-state index >= 15 is 0 Å². The topological polar surface area (TPSA) is 12.5 Å². The van der Waals surface area contributed by atoms with Gasteiger partial charge in [-0.1, -0.05) is 20.8 Å². The van der Waals surface area contributed by atoms with Gasteiger partial charge in [0.25, 0.3) is 0 Å². The SMILES string of the molecule is C/S(I)=C1\CCCCN1CCO[Si](C)(C)C(C)(C)C. The average Bonchev–Trinajstić information content (AvgIpc) is 2.27. The molecule has 0 aliphatic carbocycles. The van der Waals surface area contributed by atoms with Crippen LogP contribution in [0.1, 0.15) is 40.0 Å². The summed E-state index contributed by atoms with van der Waals surface area (Å²) in [6, 6.07) is 0. The van der Waals surface area contributed by atoms with Crippen molar-refractivity contribution in [2.45, 2.75) is 58.2 Å². The lowest BCUT2D eigenvalue weighted by molar-refractivity contribution is 0.242. The molecule has 0 saturated carbocycles. The van der Waals surface area contributed by atoms with Crippen LogP contribution in [-0.4, -0.2) is 44.2 Å². The molecular formula is C14H30INOSSi. The van der Waals surface area contributed by atoms with E-state index in [9.17, 15) is 0 Å². The highest BCUT2D eigenvalue weighted by atomic mass is 127. The van der Waals surface area contributed by atoms with Crippen LogP contribution in [0, 0.1) is 0 Å². The van der Waals surface area contributed by atoms with Crippen molar-refractivity contribution in [3.8, 4) is 0 Å². The molecule has 1 aliphatic heterocycles. The first-order valence-corrected chi connectivity index (χ1v) is 14.3. The van der Waals surface area contributed by atoms with Crippen molar-refractivity contribution in [2.24, 2.45) is 0 Å². The van der Waals surface area contributed by atoms with E-state index in [1.54, 1.807) is 4.99 Å². The fourth-order valence-electron chi connectivity index (χ4n) is 2.04. The van der Waals surface area contributed by atoms with Crippen molar-refractivity contribution < 1.29 is 4.43 Å². The molecule has 0 aromatic heterocycles. The molecule has 1 atom stereocenters. The van der Waals surface area contributed by atoms with Gasteiger partial charge in [0.2, 0.25) is 0 Å². The molecule has 0 radical (unpaired) electrons. The summed E-state index contributed by atoms with van der Waals surface area (Å²) < 4.78 is 6.31. The molecule has 1 aliphatic rings. The zero-order chi connectivity index (χ0) is 14.7. The van der Waals surface area contributed by atoms with Gasteiger partial charge in [-0.15, -0.1) is 7.66 Å². The Balaban J connectivity index is 2.51. The van der Waals surface area contributed by atoms with Gasteiger partial charge in [-0.05, 0) is 64.9 Å². The number of piperidine rings is 1. The lowest BCUT2D eigenvalue weighted by atomic mass is 10.1. The molecule has 1 saturated heterocycles. The van der Waals surface area contributed by atoms with Crippen molar-refractivity contribution in [3.63, 3.8) is 0 Å². The second-order valence-electron chi connectivity index (χ2n) is 6.88. The summed E-state index contributed by atoms with van der Waals surface area (Å²) in [7, 11) is -1.18. The van der Waals surface area contributed by atoms with Gasteiger partial charge < -0.3 is 4.43 Å². The molecule has 0 aromatic carbocycles. The van der Waals surface area contributed by atoms with Gasteiger partial charge in [-0.25, -0.2) is 0 Å². The standard InChI is InChI=1S/C14H30INOSSi/c1-14(2,3)19(5,6)17-12-11-16-10-8-7-9-13(16)18(4)15/h7-12H2,1-6H3. The predicted octanol–water partition coefficient (Wildman–Crippen LogP) is 4.87. The molecule has 0 bridgehead atoms. The Hall–Kier alpha value is 1.09. The van der Waals surface area contributed by atoms with E-state index in [2.05, 4.69) is 66.2 Å². The van der Waals surface area contributed by atoms with Gasteiger partial charge >= 0.3 is 0 Å². The van der Waals surface area contributed by atoms with Crippen LogP contribution in [0.15, 0.2) is 0 Å². The first-order chi connectivity index (χ1) is 8.65. The highest BCUT2D eigenvalue weighted by Gasteiger charge is 2.37. The highest BCUT2D eigenvalue weighted by molar-refractivity contribution is 14.2. The third kappa shape index (κ3) is 5.41. The molecule has 2 nitrogen and oxygen atoms in total. The van der Waals surface area contributed by atoms with E-state index < -0.39 is 8.32 Å². The van der Waals surface area contributed by atoms with Crippen molar-refractivity contribution in [1.29, 1.82) is 0 Å². The number of nitrogens with zero attached hydrogens (tertiary/aromatic N) is 1. The van der Waals surface area contributed by atoms with Crippen LogP contribution in [-0.2, 0) is 4.43 Å². The van der Waals surface area contributed by atoms with Crippen LogP contribution in [0.3, 0.4) is 0 Å². The monoisotopic (exact) mass is 415 g/mol. The van der Waals surface area contributed by atoms with Gasteiger partial charge in [0.1, 0.15) is 0 Å². The molecular weight excluding hydrogens is 385 g/mol. The van der Waals surface area contributed by atoms with E-state index in [1.165, 1.54) is 25.8 Å². The first kappa shape index (κ1) is 18.1. The quantitative estimate of drug-likeness (QED) is 0.369. The van der Waals surface area contributed by atoms with E-state index in [0.717, 1.165) is 13.2 Å². The van der Waals surface area contributed by atoms with Crippen LogP contribution in [0.4, 0.5) is 0 Å². The minimum atomic E-state index is -1.57. The van der Waals surface area contributed by atoms with Gasteiger partial charge in [0.15, 0.2) is 8.32 Å². The average molecular weight is 415 g/mol. The Labute approximate surface area is 135 Å². The summed E-state index contributed by atoms with van der Waals surface area (Å²) >= 11 is 2.57. The highest BCUT2D eigenvalue weighted by Crippen LogP contribution is 2.36. The van der Waals surface area contributed by atoms with Crippen LogP contribution in [0.2, 0.25) is 18.1 Å². The third-order valence-corrected chi connectivity index (χ3v) is 11.6. The fourth-order valence-corrected chi connectivity index (χ4v) is 5.54. The molecule has 0 amide bonds. The van der Waals surface area contributed by atoms with E-state index in [-0.39, 0.29) is 0 Å². The Bertz CT molecular complexity index is 335. The Kier molecular flexibility index (Phi) is 7.04. The number of hydrogen-bond donors (Lipinski definition) is 0. The third-order valence-electron chi connectivity index (χ3n) is 4.38. The molecule has 1 unspecified atom stereocenters. The Morgan fingerprint density at radius 3 is 2.47 bits per heavy atom. The van der Waals surface area contributed by atoms with Crippen LogP contribution < -0.4 is 0 Å². The smallest absolute Gasteiger partial charge is 0.192 e. The number of hydrogen-bond acceptors (Lipinski definition) is 1. The fraction of sp³-hybridized carbons (Fsp3) is 0.929. The maximum absolute atomic E-state index is 6.31. The molecule has 19 heavy (non-hydrogen) atoms. The second-order valence-corrected chi connectivity index (χ2v) is 17.0. The molecule has 1 heterocycles. The largest absolute Gasteiger partial charge is 0.416 e. The minimum Gasteiger partial charge on any atom is -0.416 e. The first-order valence-electron chi connectivity index (χ1n) is 7.22. The van der Waals surface area contributed by atoms with Gasteiger partial charge in [-0.3, -0.25) is 4.90 Å². The number of halogens is 1. The number of likely N-dealkylation sites (tertiary alicyclic amines) is 1. The Morgan fingerprint density at radius 2 is 1.95 bits per heavy atom. The number of rotatable bonds is 4. The van der Waals surface area contributed by atoms with Crippen LogP contribution >= 0.6 is 28.9 Å². The molecule has 5 heteroatoms. The van der Waals surface area contributed by atoms with Crippen LogP contribution in [0.25, 0.3) is 0 Å².